The van der Waals surface area contributed by atoms with Gasteiger partial charge in [0.2, 0.25) is 15.9 Å². The molecule has 0 aromatic carbocycles. The molecular formula is C10H18N2O6S. The molecule has 1 unspecified atom stereocenters. The summed E-state index contributed by atoms with van der Waals surface area (Å²) >= 11 is 0. The van der Waals surface area contributed by atoms with Crippen molar-refractivity contribution < 1.29 is 27.9 Å². The first-order chi connectivity index (χ1) is 8.82. The lowest BCUT2D eigenvalue weighted by Gasteiger charge is -2.29. The second-order valence-corrected chi connectivity index (χ2v) is 6.11. The molecule has 110 valence electrons. The molecule has 0 aromatic heterocycles. The Morgan fingerprint density at radius 2 is 1.95 bits per heavy atom. The van der Waals surface area contributed by atoms with Crippen LogP contribution < -0.4 is 4.72 Å². The van der Waals surface area contributed by atoms with Crippen molar-refractivity contribution in [3.63, 3.8) is 0 Å². The van der Waals surface area contributed by atoms with Gasteiger partial charge in [-0.05, 0) is 6.92 Å². The first-order valence-corrected chi connectivity index (χ1v) is 7.55. The molecule has 1 heterocycles. The van der Waals surface area contributed by atoms with Crippen LogP contribution in [0.5, 0.6) is 0 Å². The second-order valence-electron chi connectivity index (χ2n) is 4.24. The molecule has 1 aliphatic heterocycles. The van der Waals surface area contributed by atoms with Crippen LogP contribution in [-0.2, 0) is 24.3 Å². The normalized spacial score (nSPS) is 18.1. The van der Waals surface area contributed by atoms with Crippen LogP contribution in [-0.4, -0.2) is 68.4 Å². The first kappa shape index (κ1) is 15.9. The van der Waals surface area contributed by atoms with E-state index < -0.39 is 34.2 Å². The summed E-state index contributed by atoms with van der Waals surface area (Å²) in [6, 6.07) is -0.906. The van der Waals surface area contributed by atoms with Gasteiger partial charge in [0.25, 0.3) is 0 Å². The zero-order chi connectivity index (χ0) is 14.5. The van der Waals surface area contributed by atoms with Gasteiger partial charge in [0.15, 0.2) is 0 Å². The van der Waals surface area contributed by atoms with Crippen molar-refractivity contribution in [2.75, 3.05) is 32.1 Å². The molecule has 9 heteroatoms. The molecule has 1 aliphatic rings. The van der Waals surface area contributed by atoms with Crippen LogP contribution in [0.3, 0.4) is 0 Å². The SMILES string of the molecule is CC(NS(=O)(=O)CCC(=O)O)C(=O)N1CCOCC1. The van der Waals surface area contributed by atoms with Crippen LogP contribution in [0.25, 0.3) is 0 Å². The number of morpholine rings is 1. The average molecular weight is 294 g/mol. The maximum absolute atomic E-state index is 11.9. The van der Waals surface area contributed by atoms with Gasteiger partial charge in [0.1, 0.15) is 0 Å². The number of carbonyl (C=O) groups excluding carboxylic acids is 1. The number of amides is 1. The number of sulfonamides is 1. The number of carboxylic acid groups (broad SMARTS) is 1. The molecule has 8 nitrogen and oxygen atoms in total. The highest BCUT2D eigenvalue weighted by Gasteiger charge is 2.26. The third kappa shape index (κ3) is 5.53. The van der Waals surface area contributed by atoms with Crippen LogP contribution in [0, 0.1) is 0 Å². The Morgan fingerprint density at radius 3 is 2.47 bits per heavy atom. The van der Waals surface area contributed by atoms with E-state index in [0.717, 1.165) is 0 Å². The predicted octanol–water partition coefficient (Wildman–Crippen LogP) is -1.37. The van der Waals surface area contributed by atoms with E-state index in [1.165, 1.54) is 11.8 Å². The topological polar surface area (TPSA) is 113 Å². The Kier molecular flexibility index (Phi) is 5.70. The highest BCUT2D eigenvalue weighted by molar-refractivity contribution is 7.89. The molecule has 1 amide bonds. The number of hydrogen-bond donors (Lipinski definition) is 2. The fourth-order valence-corrected chi connectivity index (χ4v) is 2.86. The molecule has 19 heavy (non-hydrogen) atoms. The second kappa shape index (κ2) is 6.83. The molecule has 1 atom stereocenters. The third-order valence-corrected chi connectivity index (χ3v) is 4.09. The fourth-order valence-electron chi connectivity index (χ4n) is 1.66. The number of ether oxygens (including phenoxy) is 1. The molecule has 1 saturated heterocycles. The average Bonchev–Trinajstić information content (AvgIpc) is 2.36. The van der Waals surface area contributed by atoms with Crippen LogP contribution in [0.15, 0.2) is 0 Å². The van der Waals surface area contributed by atoms with Gasteiger partial charge in [-0.25, -0.2) is 13.1 Å². The largest absolute Gasteiger partial charge is 0.481 e. The van der Waals surface area contributed by atoms with Gasteiger partial charge in [0, 0.05) is 13.1 Å². The Hall–Kier alpha value is -1.19. The van der Waals surface area contributed by atoms with E-state index in [0.29, 0.717) is 26.3 Å². The minimum atomic E-state index is -3.77. The smallest absolute Gasteiger partial charge is 0.304 e. The molecule has 0 saturated carbocycles. The van der Waals surface area contributed by atoms with Gasteiger partial charge in [0.05, 0.1) is 31.4 Å². The van der Waals surface area contributed by atoms with Crippen LogP contribution in [0.1, 0.15) is 13.3 Å². The van der Waals surface area contributed by atoms with Crippen LogP contribution in [0.2, 0.25) is 0 Å². The summed E-state index contributed by atoms with van der Waals surface area (Å²) in [5.74, 6) is -2.07. The summed E-state index contributed by atoms with van der Waals surface area (Å²) in [6.07, 6.45) is -0.492. The summed E-state index contributed by atoms with van der Waals surface area (Å²) in [5, 5.41) is 8.44. The molecule has 0 spiro atoms. The molecule has 0 aromatic rings. The molecule has 0 radical (unpaired) electrons. The van der Waals surface area contributed by atoms with Crippen molar-refractivity contribution in [2.45, 2.75) is 19.4 Å². The number of nitrogens with zero attached hydrogens (tertiary/aromatic N) is 1. The van der Waals surface area contributed by atoms with Crippen LogP contribution in [0.4, 0.5) is 0 Å². The fraction of sp³-hybridized carbons (Fsp3) is 0.800. The molecule has 0 aliphatic carbocycles. The van der Waals surface area contributed by atoms with Gasteiger partial charge in [-0.2, -0.15) is 0 Å². The van der Waals surface area contributed by atoms with E-state index in [9.17, 15) is 18.0 Å². The van der Waals surface area contributed by atoms with E-state index in [1.807, 2.05) is 0 Å². The monoisotopic (exact) mass is 294 g/mol. The zero-order valence-corrected chi connectivity index (χ0v) is 11.5. The van der Waals surface area contributed by atoms with Crippen molar-refractivity contribution in [3.05, 3.63) is 0 Å². The van der Waals surface area contributed by atoms with E-state index in [1.54, 1.807) is 0 Å². The lowest BCUT2D eigenvalue weighted by atomic mass is 10.3. The standard InChI is InChI=1S/C10H18N2O6S/c1-8(10(15)12-3-5-18-6-4-12)11-19(16,17)7-2-9(13)14/h8,11H,2-7H2,1H3,(H,13,14). The van der Waals surface area contributed by atoms with E-state index in [2.05, 4.69) is 4.72 Å². The van der Waals surface area contributed by atoms with Gasteiger partial charge >= 0.3 is 5.97 Å². The highest BCUT2D eigenvalue weighted by Crippen LogP contribution is 2.02. The molecular weight excluding hydrogens is 276 g/mol. The van der Waals surface area contributed by atoms with Gasteiger partial charge in [-0.3, -0.25) is 9.59 Å². The first-order valence-electron chi connectivity index (χ1n) is 5.90. The van der Waals surface area contributed by atoms with Crippen molar-refractivity contribution in [3.8, 4) is 0 Å². The van der Waals surface area contributed by atoms with Gasteiger partial charge in [-0.15, -0.1) is 0 Å². The maximum atomic E-state index is 11.9. The molecule has 0 bridgehead atoms. The number of hydrogen-bond acceptors (Lipinski definition) is 5. The Bertz CT molecular complexity index is 429. The van der Waals surface area contributed by atoms with E-state index >= 15 is 0 Å². The van der Waals surface area contributed by atoms with E-state index in [-0.39, 0.29) is 5.91 Å². The minimum Gasteiger partial charge on any atom is -0.481 e. The minimum absolute atomic E-state index is 0.331. The number of carbonyl (C=O) groups is 2. The highest BCUT2D eigenvalue weighted by atomic mass is 32.2. The summed E-state index contributed by atoms with van der Waals surface area (Å²) in [4.78, 5) is 23.8. The molecule has 1 rings (SSSR count). The van der Waals surface area contributed by atoms with Gasteiger partial charge in [-0.1, -0.05) is 0 Å². The number of nitrogens with one attached hydrogen (secondary N) is 1. The van der Waals surface area contributed by atoms with Crippen LogP contribution >= 0.6 is 0 Å². The Morgan fingerprint density at radius 1 is 1.37 bits per heavy atom. The summed E-state index contributed by atoms with van der Waals surface area (Å²) < 4.78 is 30.4. The summed E-state index contributed by atoms with van der Waals surface area (Å²) in [6.45, 7) is 3.17. The number of rotatable bonds is 6. The number of carboxylic acids is 1. The summed E-state index contributed by atoms with van der Waals surface area (Å²) in [7, 11) is -3.77. The summed E-state index contributed by atoms with van der Waals surface area (Å²) in [5.41, 5.74) is 0. The molecule has 1 fully saturated rings. The van der Waals surface area contributed by atoms with Gasteiger partial charge < -0.3 is 14.7 Å². The Balaban J connectivity index is 2.50. The van der Waals surface area contributed by atoms with Crippen molar-refractivity contribution in [1.82, 2.24) is 9.62 Å². The zero-order valence-electron chi connectivity index (χ0n) is 10.7. The third-order valence-electron chi connectivity index (χ3n) is 2.63. The van der Waals surface area contributed by atoms with Crippen molar-refractivity contribution in [2.24, 2.45) is 0 Å². The van der Waals surface area contributed by atoms with E-state index in [4.69, 9.17) is 9.84 Å². The lowest BCUT2D eigenvalue weighted by molar-refractivity contribution is -0.137. The number of aliphatic carboxylic acids is 1. The maximum Gasteiger partial charge on any atom is 0.304 e. The van der Waals surface area contributed by atoms with Crippen molar-refractivity contribution in [1.29, 1.82) is 0 Å². The predicted molar refractivity (Wildman–Crippen MR) is 66.0 cm³/mol. The lowest BCUT2D eigenvalue weighted by Crippen LogP contribution is -2.50. The van der Waals surface area contributed by atoms with Crippen molar-refractivity contribution >= 4 is 21.9 Å². The molecule has 2 N–H and O–H groups in total. The Labute approximate surface area is 111 Å². The quantitative estimate of drug-likeness (QED) is 0.625.